The number of benzene rings is 2. The van der Waals surface area contributed by atoms with Crippen LogP contribution in [0.3, 0.4) is 0 Å². The Hall–Kier alpha value is -3.71. The van der Waals surface area contributed by atoms with E-state index in [0.29, 0.717) is 39.0 Å². The van der Waals surface area contributed by atoms with Crippen molar-refractivity contribution in [3.63, 3.8) is 0 Å². The van der Waals surface area contributed by atoms with Crippen molar-refractivity contribution in [2.45, 2.75) is 31.9 Å². The van der Waals surface area contributed by atoms with Crippen molar-refractivity contribution in [3.05, 3.63) is 86.2 Å². The van der Waals surface area contributed by atoms with Gasteiger partial charge in [0.15, 0.2) is 11.2 Å². The molecule has 2 heterocycles. The maximum atomic E-state index is 13.3. The number of hydrogen-bond donors (Lipinski definition) is 1. The fraction of sp³-hybridized carbons (Fsp3) is 0.160. The quantitative estimate of drug-likeness (QED) is 0.382. The summed E-state index contributed by atoms with van der Waals surface area (Å²) >= 11 is 5.85. The summed E-state index contributed by atoms with van der Waals surface area (Å²) in [5.41, 5.74) is 2.96. The van der Waals surface area contributed by atoms with Crippen molar-refractivity contribution in [3.8, 4) is 23.1 Å². The van der Waals surface area contributed by atoms with Gasteiger partial charge in [-0.25, -0.2) is 18.5 Å². The largest absolute Gasteiger partial charge is 0.483 e. The molecule has 2 aromatic carbocycles. The summed E-state index contributed by atoms with van der Waals surface area (Å²) in [5, 5.41) is 14.2. The molecular weight excluding hydrogens is 490 g/mol. The lowest BCUT2D eigenvalue weighted by Crippen LogP contribution is -2.17. The third-order valence-corrected chi connectivity index (χ3v) is 6.51. The molecule has 0 aliphatic carbocycles. The summed E-state index contributed by atoms with van der Waals surface area (Å²) in [7, 11) is -4.21. The first-order valence-electron chi connectivity index (χ1n) is 10.4. The maximum Gasteiger partial charge on any atom is 0.259 e. The van der Waals surface area contributed by atoms with Gasteiger partial charge in [-0.05, 0) is 74.9 Å². The molecule has 10 heteroatoms. The predicted molar refractivity (Wildman–Crippen MR) is 132 cm³/mol. The number of nitriles is 1. The first-order valence-corrected chi connectivity index (χ1v) is 12.4. The number of nitrogens with two attached hydrogens (primary N) is 1. The second kappa shape index (κ2) is 9.15. The van der Waals surface area contributed by atoms with E-state index >= 15 is 0 Å². The molecule has 0 fully saturated rings. The third-order valence-electron chi connectivity index (χ3n) is 5.47. The van der Waals surface area contributed by atoms with Crippen molar-refractivity contribution in [1.29, 1.82) is 5.26 Å². The van der Waals surface area contributed by atoms with Gasteiger partial charge in [0.1, 0.15) is 22.6 Å². The van der Waals surface area contributed by atoms with E-state index in [1.807, 2.05) is 6.92 Å². The number of hydrogen-bond acceptors (Lipinski definition) is 7. The summed E-state index contributed by atoms with van der Waals surface area (Å²) in [4.78, 5) is 17.1. The molecule has 2 aromatic heterocycles. The average molecular weight is 510 g/mol. The molecule has 1 atom stereocenters. The summed E-state index contributed by atoms with van der Waals surface area (Å²) in [6.07, 6.45) is -0.749. The van der Waals surface area contributed by atoms with E-state index in [4.69, 9.17) is 31.2 Å². The van der Waals surface area contributed by atoms with Gasteiger partial charge in [-0.15, -0.1) is 0 Å². The lowest BCUT2D eigenvalue weighted by atomic mass is 9.99. The average Bonchev–Trinajstić information content (AvgIpc) is 2.81. The molecule has 35 heavy (non-hydrogen) atoms. The van der Waals surface area contributed by atoms with E-state index in [-0.39, 0.29) is 16.3 Å². The lowest BCUT2D eigenvalue weighted by molar-refractivity contribution is 0.219. The Kier molecular flexibility index (Phi) is 6.38. The molecule has 0 amide bonds. The number of pyridine rings is 1. The molecule has 0 aliphatic rings. The molecule has 1 unspecified atom stereocenters. The normalized spacial score (nSPS) is 12.3. The van der Waals surface area contributed by atoms with Gasteiger partial charge in [0.05, 0.1) is 17.0 Å². The van der Waals surface area contributed by atoms with E-state index in [2.05, 4.69) is 11.1 Å². The van der Waals surface area contributed by atoms with Crippen LogP contribution in [0.4, 0.5) is 0 Å². The lowest BCUT2D eigenvalue weighted by Gasteiger charge is -2.19. The Bertz CT molecular complexity index is 1670. The van der Waals surface area contributed by atoms with Crippen LogP contribution in [-0.2, 0) is 10.0 Å². The van der Waals surface area contributed by atoms with Gasteiger partial charge in [0.2, 0.25) is 5.03 Å². The summed E-state index contributed by atoms with van der Waals surface area (Å²) in [6.45, 7) is 5.20. The van der Waals surface area contributed by atoms with Crippen molar-refractivity contribution < 1.29 is 17.6 Å². The predicted octanol–water partition coefficient (Wildman–Crippen LogP) is 4.78. The van der Waals surface area contributed by atoms with Crippen LogP contribution in [0.1, 0.15) is 35.3 Å². The van der Waals surface area contributed by atoms with Crippen LogP contribution in [0.2, 0.25) is 5.15 Å². The third kappa shape index (κ3) is 4.77. The number of fused-ring (bicyclic) bond motifs is 1. The standard InChI is InChI=1S/C25H20ClN3O5S/c1-13-10-18(15(3)33-20-8-9-21(26)29-25(20)35(28,31)32)24-19(11-13)22(30)14(2)23(34-24)17-6-4-16(12-27)5-7-17/h4-11,15H,1-3H3,(H2,28,31,32). The monoisotopic (exact) mass is 509 g/mol. The number of aromatic nitrogens is 1. The highest BCUT2D eigenvalue weighted by molar-refractivity contribution is 7.89. The summed E-state index contributed by atoms with van der Waals surface area (Å²) < 4.78 is 36.2. The SMILES string of the molecule is Cc1cc(C(C)Oc2ccc(Cl)nc2S(N)(=O)=O)c2oc(-c3ccc(C#N)cc3)c(C)c(=O)c2c1. The molecule has 0 saturated carbocycles. The maximum absolute atomic E-state index is 13.3. The molecule has 0 saturated heterocycles. The van der Waals surface area contributed by atoms with Gasteiger partial charge < -0.3 is 9.15 Å². The Morgan fingerprint density at radius 1 is 1.14 bits per heavy atom. The first kappa shape index (κ1) is 24.4. The minimum Gasteiger partial charge on any atom is -0.483 e. The van der Waals surface area contributed by atoms with E-state index < -0.39 is 21.2 Å². The number of rotatable bonds is 5. The van der Waals surface area contributed by atoms with E-state index in [9.17, 15) is 13.2 Å². The van der Waals surface area contributed by atoms with Crippen molar-refractivity contribution >= 4 is 32.6 Å². The van der Waals surface area contributed by atoms with Gasteiger partial charge >= 0.3 is 0 Å². The van der Waals surface area contributed by atoms with E-state index in [1.165, 1.54) is 12.1 Å². The first-order chi connectivity index (χ1) is 16.5. The number of nitrogens with zero attached hydrogens (tertiary/aromatic N) is 2. The number of aryl methyl sites for hydroxylation is 1. The van der Waals surface area contributed by atoms with Crippen LogP contribution in [0, 0.1) is 25.2 Å². The minimum atomic E-state index is -4.21. The van der Waals surface area contributed by atoms with Gasteiger partial charge in [-0.1, -0.05) is 11.6 Å². The smallest absolute Gasteiger partial charge is 0.259 e. The zero-order valence-corrected chi connectivity index (χ0v) is 20.6. The highest BCUT2D eigenvalue weighted by Gasteiger charge is 2.23. The van der Waals surface area contributed by atoms with Gasteiger partial charge in [0, 0.05) is 16.7 Å². The number of primary sulfonamides is 1. The molecular formula is C25H20ClN3O5S. The molecule has 0 aliphatic heterocycles. The summed E-state index contributed by atoms with van der Waals surface area (Å²) in [5.74, 6) is 0.281. The molecule has 178 valence electrons. The highest BCUT2D eigenvalue weighted by atomic mass is 35.5. The molecule has 4 aromatic rings. The topological polar surface area (TPSA) is 136 Å². The molecule has 2 N–H and O–H groups in total. The molecule has 4 rings (SSSR count). The second-order valence-electron chi connectivity index (χ2n) is 8.05. The number of sulfonamides is 1. The van der Waals surface area contributed by atoms with Crippen LogP contribution in [0.5, 0.6) is 5.75 Å². The summed E-state index contributed by atoms with van der Waals surface area (Å²) in [6, 6.07) is 15.0. The van der Waals surface area contributed by atoms with E-state index in [0.717, 1.165) is 5.56 Å². The Morgan fingerprint density at radius 2 is 1.83 bits per heavy atom. The Balaban J connectivity index is 1.89. The molecule has 0 bridgehead atoms. The van der Waals surface area contributed by atoms with Crippen LogP contribution in [0.25, 0.3) is 22.3 Å². The molecule has 8 nitrogen and oxygen atoms in total. The molecule has 0 spiro atoms. The molecule has 0 radical (unpaired) electrons. The van der Waals surface area contributed by atoms with Crippen LogP contribution < -0.4 is 15.3 Å². The van der Waals surface area contributed by atoms with Crippen molar-refractivity contribution in [1.82, 2.24) is 4.98 Å². The van der Waals surface area contributed by atoms with Crippen LogP contribution >= 0.6 is 11.6 Å². The van der Waals surface area contributed by atoms with Gasteiger partial charge in [-0.3, -0.25) is 4.79 Å². The van der Waals surface area contributed by atoms with Crippen LogP contribution in [-0.4, -0.2) is 13.4 Å². The van der Waals surface area contributed by atoms with E-state index in [1.54, 1.807) is 50.2 Å². The van der Waals surface area contributed by atoms with Gasteiger partial charge in [0.25, 0.3) is 10.0 Å². The Morgan fingerprint density at radius 3 is 2.46 bits per heavy atom. The fourth-order valence-corrected chi connectivity index (χ4v) is 4.61. The Labute approximate surface area is 206 Å². The van der Waals surface area contributed by atoms with Crippen LogP contribution in [0.15, 0.2) is 62.8 Å². The second-order valence-corrected chi connectivity index (χ2v) is 9.91. The van der Waals surface area contributed by atoms with Crippen molar-refractivity contribution in [2.75, 3.05) is 0 Å². The van der Waals surface area contributed by atoms with Crippen molar-refractivity contribution in [2.24, 2.45) is 5.14 Å². The zero-order chi connectivity index (χ0) is 25.5. The highest BCUT2D eigenvalue weighted by Crippen LogP contribution is 2.34. The fourth-order valence-electron chi connectivity index (χ4n) is 3.79. The minimum absolute atomic E-state index is 0.0523. The number of ether oxygens (including phenoxy) is 1. The zero-order valence-electron chi connectivity index (χ0n) is 19.0. The number of halogens is 1. The van der Waals surface area contributed by atoms with Gasteiger partial charge in [-0.2, -0.15) is 5.26 Å².